The number of carbonyl (C=O) groups excluding carboxylic acids is 2. The van der Waals surface area contributed by atoms with Gasteiger partial charge in [-0.15, -0.1) is 0 Å². The van der Waals surface area contributed by atoms with E-state index in [0.29, 0.717) is 43.7 Å². The zero-order chi connectivity index (χ0) is 18.1. The number of likely N-dealkylation sites (N-methyl/N-ethyl adjacent to an activating group) is 1. The highest BCUT2D eigenvalue weighted by molar-refractivity contribution is 5.80. The second-order valence-electron chi connectivity index (χ2n) is 8.11. The van der Waals surface area contributed by atoms with Gasteiger partial charge in [-0.1, -0.05) is 24.4 Å². The molecule has 0 aromatic carbocycles. The Balaban J connectivity index is 1.23. The Hall–Kier alpha value is -1.92. The largest absolute Gasteiger partial charge is 0.345 e. The molecule has 1 aromatic heterocycles. The first kappa shape index (κ1) is 17.5. The highest BCUT2D eigenvalue weighted by Crippen LogP contribution is 2.32. The van der Waals surface area contributed by atoms with E-state index in [4.69, 9.17) is 4.52 Å². The van der Waals surface area contributed by atoms with Crippen LogP contribution in [-0.4, -0.2) is 58.4 Å². The number of hydrogen-bond donors (Lipinski definition) is 0. The standard InChI is InChI=1S/C19H28N4O3/c1-22(18(24)14-7-8-14)10-9-16-20-17(26-21-16)15-11-23(12-15)19(25)13-5-3-2-4-6-13/h13-15H,2-12H2,1H3. The smallest absolute Gasteiger partial charge is 0.233 e. The van der Waals surface area contributed by atoms with E-state index in [0.717, 1.165) is 25.7 Å². The van der Waals surface area contributed by atoms with Gasteiger partial charge < -0.3 is 14.3 Å². The number of carbonyl (C=O) groups is 2. The second kappa shape index (κ2) is 7.37. The lowest BCUT2D eigenvalue weighted by atomic mass is 9.86. The van der Waals surface area contributed by atoms with Crippen LogP contribution in [0.25, 0.3) is 0 Å². The Bertz CT molecular complexity index is 657. The molecule has 0 N–H and O–H groups in total. The van der Waals surface area contributed by atoms with Gasteiger partial charge in [0.2, 0.25) is 17.7 Å². The van der Waals surface area contributed by atoms with E-state index in [-0.39, 0.29) is 23.7 Å². The van der Waals surface area contributed by atoms with Crippen LogP contribution in [0, 0.1) is 11.8 Å². The van der Waals surface area contributed by atoms with Crippen LogP contribution in [0.2, 0.25) is 0 Å². The highest BCUT2D eigenvalue weighted by Gasteiger charge is 2.38. The summed E-state index contributed by atoms with van der Waals surface area (Å²) in [5.74, 6) is 2.43. The Morgan fingerprint density at radius 3 is 2.54 bits per heavy atom. The Kier molecular flexibility index (Phi) is 4.96. The van der Waals surface area contributed by atoms with Crippen molar-refractivity contribution in [3.63, 3.8) is 0 Å². The number of likely N-dealkylation sites (tertiary alicyclic amines) is 1. The van der Waals surface area contributed by atoms with Gasteiger partial charge in [-0.3, -0.25) is 9.59 Å². The normalized spacial score (nSPS) is 21.5. The minimum absolute atomic E-state index is 0.162. The first-order valence-corrected chi connectivity index (χ1v) is 9.98. The Labute approximate surface area is 154 Å². The summed E-state index contributed by atoms with van der Waals surface area (Å²) in [4.78, 5) is 32.6. The number of nitrogens with zero attached hydrogens (tertiary/aromatic N) is 4. The molecule has 0 bridgehead atoms. The average Bonchev–Trinajstić information content (AvgIpc) is 3.38. The van der Waals surface area contributed by atoms with Gasteiger partial charge in [-0.05, 0) is 25.7 Å². The van der Waals surface area contributed by atoms with E-state index in [9.17, 15) is 9.59 Å². The van der Waals surface area contributed by atoms with Gasteiger partial charge in [0, 0.05) is 44.9 Å². The molecular weight excluding hydrogens is 332 g/mol. The molecule has 1 saturated heterocycles. The summed E-state index contributed by atoms with van der Waals surface area (Å²) in [7, 11) is 1.84. The van der Waals surface area contributed by atoms with Gasteiger partial charge in [0.05, 0.1) is 5.92 Å². The molecule has 0 spiro atoms. The van der Waals surface area contributed by atoms with E-state index in [1.54, 1.807) is 4.90 Å². The third-order valence-corrected chi connectivity index (χ3v) is 5.95. The molecule has 0 radical (unpaired) electrons. The van der Waals surface area contributed by atoms with Gasteiger partial charge in [-0.2, -0.15) is 4.98 Å². The van der Waals surface area contributed by atoms with Gasteiger partial charge in [0.25, 0.3) is 0 Å². The van der Waals surface area contributed by atoms with E-state index in [1.807, 2.05) is 11.9 Å². The topological polar surface area (TPSA) is 79.5 Å². The summed E-state index contributed by atoms with van der Waals surface area (Å²) in [6.45, 7) is 2.00. The minimum atomic E-state index is 0.162. The lowest BCUT2D eigenvalue weighted by molar-refractivity contribution is -0.141. The molecule has 2 amide bonds. The van der Waals surface area contributed by atoms with Crippen LogP contribution in [0.4, 0.5) is 0 Å². The van der Waals surface area contributed by atoms with Crippen molar-refractivity contribution in [2.75, 3.05) is 26.7 Å². The minimum Gasteiger partial charge on any atom is -0.345 e. The van der Waals surface area contributed by atoms with Crippen LogP contribution in [-0.2, 0) is 16.0 Å². The molecule has 3 fully saturated rings. The van der Waals surface area contributed by atoms with Gasteiger partial charge >= 0.3 is 0 Å². The molecule has 1 aliphatic heterocycles. The Morgan fingerprint density at radius 1 is 1.12 bits per heavy atom. The fourth-order valence-electron chi connectivity index (χ4n) is 3.98. The predicted octanol–water partition coefficient (Wildman–Crippen LogP) is 1.99. The predicted molar refractivity (Wildman–Crippen MR) is 94.3 cm³/mol. The fourth-order valence-corrected chi connectivity index (χ4v) is 3.98. The molecule has 3 aliphatic rings. The summed E-state index contributed by atoms with van der Waals surface area (Å²) in [6.07, 6.45) is 8.35. The zero-order valence-electron chi connectivity index (χ0n) is 15.5. The van der Waals surface area contributed by atoms with Crippen molar-refractivity contribution in [1.82, 2.24) is 19.9 Å². The zero-order valence-corrected chi connectivity index (χ0v) is 15.5. The van der Waals surface area contributed by atoms with Gasteiger partial charge in [0.1, 0.15) is 0 Å². The first-order chi connectivity index (χ1) is 12.6. The third kappa shape index (κ3) is 3.76. The first-order valence-electron chi connectivity index (χ1n) is 9.98. The average molecular weight is 360 g/mol. The van der Waals surface area contributed by atoms with Crippen LogP contribution >= 0.6 is 0 Å². The van der Waals surface area contributed by atoms with Crippen molar-refractivity contribution >= 4 is 11.8 Å². The van der Waals surface area contributed by atoms with Crippen LogP contribution in [0.15, 0.2) is 4.52 Å². The molecule has 0 unspecified atom stereocenters. The van der Waals surface area contributed by atoms with Crippen LogP contribution in [0.5, 0.6) is 0 Å². The number of aromatic nitrogens is 2. The quantitative estimate of drug-likeness (QED) is 0.775. The molecule has 2 aliphatic carbocycles. The van der Waals surface area contributed by atoms with E-state index >= 15 is 0 Å². The monoisotopic (exact) mass is 360 g/mol. The van der Waals surface area contributed by atoms with Crippen molar-refractivity contribution in [3.05, 3.63) is 11.7 Å². The third-order valence-electron chi connectivity index (χ3n) is 5.95. The van der Waals surface area contributed by atoms with Gasteiger partial charge in [0.15, 0.2) is 5.82 Å². The highest BCUT2D eigenvalue weighted by atomic mass is 16.5. The molecule has 4 rings (SSSR count). The molecule has 142 valence electrons. The molecule has 1 aromatic rings. The lowest BCUT2D eigenvalue weighted by Crippen LogP contribution is -2.51. The maximum atomic E-state index is 12.5. The fraction of sp³-hybridized carbons (Fsp3) is 0.789. The Morgan fingerprint density at radius 2 is 1.85 bits per heavy atom. The summed E-state index contributed by atoms with van der Waals surface area (Å²) < 4.78 is 5.39. The van der Waals surface area contributed by atoms with E-state index in [1.165, 1.54) is 19.3 Å². The van der Waals surface area contributed by atoms with Crippen LogP contribution in [0.1, 0.15) is 62.6 Å². The molecular formula is C19H28N4O3. The number of rotatable bonds is 6. The second-order valence-corrected chi connectivity index (χ2v) is 8.11. The maximum absolute atomic E-state index is 12.5. The molecule has 7 nitrogen and oxygen atoms in total. The molecule has 26 heavy (non-hydrogen) atoms. The van der Waals surface area contributed by atoms with E-state index < -0.39 is 0 Å². The molecule has 2 heterocycles. The molecule has 0 atom stereocenters. The number of hydrogen-bond acceptors (Lipinski definition) is 5. The summed E-state index contributed by atoms with van der Waals surface area (Å²) >= 11 is 0. The van der Waals surface area contributed by atoms with Crippen molar-refractivity contribution in [2.45, 2.75) is 57.3 Å². The number of amides is 2. The summed E-state index contributed by atoms with van der Waals surface area (Å²) in [5, 5.41) is 4.04. The lowest BCUT2D eigenvalue weighted by Gasteiger charge is -2.39. The van der Waals surface area contributed by atoms with E-state index in [2.05, 4.69) is 10.1 Å². The van der Waals surface area contributed by atoms with Crippen LogP contribution in [0.3, 0.4) is 0 Å². The van der Waals surface area contributed by atoms with Crippen molar-refractivity contribution in [2.24, 2.45) is 11.8 Å². The molecule has 2 saturated carbocycles. The van der Waals surface area contributed by atoms with Gasteiger partial charge in [-0.25, -0.2) is 0 Å². The molecule has 7 heteroatoms. The van der Waals surface area contributed by atoms with Crippen molar-refractivity contribution in [1.29, 1.82) is 0 Å². The van der Waals surface area contributed by atoms with Crippen LogP contribution < -0.4 is 0 Å². The summed E-state index contributed by atoms with van der Waals surface area (Å²) in [5.41, 5.74) is 0. The maximum Gasteiger partial charge on any atom is 0.233 e. The van der Waals surface area contributed by atoms with Crippen molar-refractivity contribution in [3.8, 4) is 0 Å². The van der Waals surface area contributed by atoms with Crippen molar-refractivity contribution < 1.29 is 14.1 Å². The summed E-state index contributed by atoms with van der Waals surface area (Å²) in [6, 6.07) is 0. The SMILES string of the molecule is CN(CCc1noc(C2CN(C(=O)C3CCCCC3)C2)n1)C(=O)C1CC1.